The monoisotopic (exact) mass is 358 g/mol. The minimum absolute atomic E-state index is 0.206. The van der Waals surface area contributed by atoms with Crippen LogP contribution in [0.4, 0.5) is 0 Å². The van der Waals surface area contributed by atoms with Crippen LogP contribution in [0.5, 0.6) is 0 Å². The Bertz CT molecular complexity index is 738. The predicted molar refractivity (Wildman–Crippen MR) is 100 cm³/mol. The number of Topliss-reactive ketones (excluding diaryl/α,β-unsaturated/α-hetero) is 1. The second-order valence-corrected chi connectivity index (χ2v) is 8.92. The van der Waals surface area contributed by atoms with Crippen molar-refractivity contribution in [2.45, 2.75) is 70.8 Å². The molecule has 1 aromatic rings. The molecule has 0 radical (unpaired) electrons. The Balaban J connectivity index is 2.13. The van der Waals surface area contributed by atoms with Crippen LogP contribution in [0.3, 0.4) is 0 Å². The number of carbonyl (C=O) groups is 2. The largest absolute Gasteiger partial charge is 0.469 e. The van der Waals surface area contributed by atoms with Gasteiger partial charge in [-0.2, -0.15) is 0 Å². The van der Waals surface area contributed by atoms with Crippen LogP contribution in [0.25, 0.3) is 0 Å². The number of benzene rings is 1. The van der Waals surface area contributed by atoms with Gasteiger partial charge in [0.25, 0.3) is 0 Å². The minimum atomic E-state index is -1.08. The van der Waals surface area contributed by atoms with Crippen molar-refractivity contribution in [2.75, 3.05) is 7.11 Å². The van der Waals surface area contributed by atoms with Gasteiger partial charge >= 0.3 is 5.97 Å². The molecule has 2 aliphatic rings. The number of hydrogen-bond donors (Lipinski definition) is 1. The molecule has 3 rings (SSSR count). The summed E-state index contributed by atoms with van der Waals surface area (Å²) in [5.41, 5.74) is 2.02. The maximum atomic E-state index is 13.1. The van der Waals surface area contributed by atoms with Gasteiger partial charge in [0, 0.05) is 11.5 Å². The fraction of sp³-hybridized carbons (Fsp3) is 0.636. The molecular formula is C22H30O4. The molecule has 0 bridgehead atoms. The minimum Gasteiger partial charge on any atom is -0.469 e. The van der Waals surface area contributed by atoms with Crippen LogP contribution in [-0.4, -0.2) is 30.1 Å². The highest BCUT2D eigenvalue weighted by atomic mass is 16.5. The molecule has 0 aromatic heterocycles. The fourth-order valence-electron chi connectivity index (χ4n) is 5.51. The molecule has 1 N–H and O–H groups in total. The number of ether oxygens (including phenoxy) is 1. The highest BCUT2D eigenvalue weighted by Gasteiger charge is 2.58. The van der Waals surface area contributed by atoms with Crippen LogP contribution in [0.2, 0.25) is 0 Å². The summed E-state index contributed by atoms with van der Waals surface area (Å²) >= 11 is 0. The summed E-state index contributed by atoms with van der Waals surface area (Å²) in [6, 6.07) is 6.13. The first kappa shape index (κ1) is 19.1. The molecule has 0 saturated heterocycles. The van der Waals surface area contributed by atoms with Crippen molar-refractivity contribution < 1.29 is 19.4 Å². The summed E-state index contributed by atoms with van der Waals surface area (Å²) in [5.74, 6) is -0.445. The molecule has 1 aromatic carbocycles. The van der Waals surface area contributed by atoms with Crippen molar-refractivity contribution in [2.24, 2.45) is 11.3 Å². The number of ketones is 1. The zero-order valence-corrected chi connectivity index (χ0v) is 16.5. The first-order chi connectivity index (χ1) is 12.1. The zero-order chi connectivity index (χ0) is 19.3. The maximum absolute atomic E-state index is 13.1. The summed E-state index contributed by atoms with van der Waals surface area (Å²) in [7, 11) is 1.39. The molecule has 4 nitrogen and oxygen atoms in total. The van der Waals surface area contributed by atoms with E-state index in [0.29, 0.717) is 11.5 Å². The number of aliphatic hydroxyl groups excluding tert-OH is 1. The topological polar surface area (TPSA) is 63.6 Å². The van der Waals surface area contributed by atoms with Crippen molar-refractivity contribution in [3.8, 4) is 0 Å². The second kappa shape index (κ2) is 6.49. The highest BCUT2D eigenvalue weighted by molar-refractivity contribution is 6.03. The maximum Gasteiger partial charge on any atom is 0.306 e. The molecule has 0 amide bonds. The lowest BCUT2D eigenvalue weighted by atomic mass is 9.48. The van der Waals surface area contributed by atoms with E-state index in [9.17, 15) is 14.7 Å². The van der Waals surface area contributed by atoms with E-state index in [1.807, 2.05) is 13.0 Å². The lowest BCUT2D eigenvalue weighted by molar-refractivity contribution is -0.147. The van der Waals surface area contributed by atoms with Gasteiger partial charge in [0.1, 0.15) is 6.10 Å². The lowest BCUT2D eigenvalue weighted by Gasteiger charge is -2.56. The Morgan fingerprint density at radius 1 is 1.31 bits per heavy atom. The molecule has 0 aliphatic heterocycles. The molecule has 1 saturated carbocycles. The van der Waals surface area contributed by atoms with Crippen LogP contribution in [-0.2, 0) is 14.9 Å². The Labute approximate surface area is 155 Å². The first-order valence-corrected chi connectivity index (χ1v) is 9.57. The van der Waals surface area contributed by atoms with Crippen molar-refractivity contribution in [3.05, 3.63) is 34.9 Å². The van der Waals surface area contributed by atoms with Crippen molar-refractivity contribution >= 4 is 11.8 Å². The quantitative estimate of drug-likeness (QED) is 0.830. The smallest absolute Gasteiger partial charge is 0.306 e. The van der Waals surface area contributed by atoms with E-state index in [-0.39, 0.29) is 29.5 Å². The standard InChI is InChI=1S/C22H30O4/c1-13(2)14-7-8-16-15(11-14)18(24)19(25)20-21(3,12-17(23)26-5)9-6-10-22(16,20)4/h7-8,11,13,19-20,25H,6,9-10,12H2,1-5H3/t19?,20-,21-,22+/m0/s1. The molecule has 1 fully saturated rings. The number of methoxy groups -OCH3 is 1. The number of aliphatic hydroxyl groups is 1. The Morgan fingerprint density at radius 2 is 2.00 bits per heavy atom. The number of fused-ring (bicyclic) bond motifs is 3. The van der Waals surface area contributed by atoms with E-state index < -0.39 is 11.5 Å². The normalized spacial score (nSPS) is 33.6. The van der Waals surface area contributed by atoms with E-state index in [0.717, 1.165) is 30.4 Å². The number of carbonyl (C=O) groups excluding carboxylic acids is 2. The molecule has 2 aliphatic carbocycles. The summed E-state index contributed by atoms with van der Waals surface area (Å²) in [5, 5.41) is 11.0. The second-order valence-electron chi connectivity index (χ2n) is 8.92. The van der Waals surface area contributed by atoms with Crippen LogP contribution in [0, 0.1) is 11.3 Å². The van der Waals surface area contributed by atoms with E-state index in [2.05, 4.69) is 32.9 Å². The van der Waals surface area contributed by atoms with Gasteiger partial charge in [-0.3, -0.25) is 9.59 Å². The average molecular weight is 358 g/mol. The van der Waals surface area contributed by atoms with Gasteiger partial charge in [0.15, 0.2) is 5.78 Å². The van der Waals surface area contributed by atoms with Gasteiger partial charge < -0.3 is 9.84 Å². The lowest BCUT2D eigenvalue weighted by Crippen LogP contribution is -2.58. The summed E-state index contributed by atoms with van der Waals surface area (Å²) in [6.07, 6.45) is 1.84. The average Bonchev–Trinajstić information content (AvgIpc) is 2.58. The molecule has 26 heavy (non-hydrogen) atoms. The molecule has 1 unspecified atom stereocenters. The first-order valence-electron chi connectivity index (χ1n) is 9.57. The van der Waals surface area contributed by atoms with E-state index >= 15 is 0 Å². The van der Waals surface area contributed by atoms with Gasteiger partial charge in [-0.05, 0) is 46.8 Å². The van der Waals surface area contributed by atoms with Crippen molar-refractivity contribution in [1.29, 1.82) is 0 Å². The highest BCUT2D eigenvalue weighted by Crippen LogP contribution is 2.58. The molecule has 4 heteroatoms. The SMILES string of the molecule is COC(=O)C[C@]1(C)CCC[C@]2(C)c3ccc(C(C)C)cc3C(=O)C(O)[C@@H]12. The molecule has 142 valence electrons. The van der Waals surface area contributed by atoms with Crippen LogP contribution < -0.4 is 0 Å². The fourth-order valence-corrected chi connectivity index (χ4v) is 5.51. The van der Waals surface area contributed by atoms with Gasteiger partial charge in [0.2, 0.25) is 0 Å². The van der Waals surface area contributed by atoms with Gasteiger partial charge in [-0.25, -0.2) is 0 Å². The number of rotatable bonds is 3. The Hall–Kier alpha value is -1.68. The molecule has 4 atom stereocenters. The third-order valence-corrected chi connectivity index (χ3v) is 6.83. The summed E-state index contributed by atoms with van der Waals surface area (Å²) in [6.45, 7) is 8.37. The predicted octanol–water partition coefficient (Wildman–Crippen LogP) is 3.99. The van der Waals surface area contributed by atoms with Crippen molar-refractivity contribution in [3.63, 3.8) is 0 Å². The van der Waals surface area contributed by atoms with E-state index in [1.165, 1.54) is 7.11 Å². The van der Waals surface area contributed by atoms with Gasteiger partial charge in [-0.15, -0.1) is 0 Å². The number of hydrogen-bond acceptors (Lipinski definition) is 4. The zero-order valence-electron chi connectivity index (χ0n) is 16.5. The summed E-state index contributed by atoms with van der Waals surface area (Å²) in [4.78, 5) is 25.1. The summed E-state index contributed by atoms with van der Waals surface area (Å²) < 4.78 is 4.90. The third kappa shape index (κ3) is 2.79. The van der Waals surface area contributed by atoms with Crippen LogP contribution in [0.15, 0.2) is 18.2 Å². The molecule has 0 heterocycles. The molecular weight excluding hydrogens is 328 g/mol. The Kier molecular flexibility index (Phi) is 4.76. The van der Waals surface area contributed by atoms with Gasteiger partial charge in [-0.1, -0.05) is 46.2 Å². The van der Waals surface area contributed by atoms with Crippen molar-refractivity contribution in [1.82, 2.24) is 0 Å². The molecule has 0 spiro atoms. The Morgan fingerprint density at radius 3 is 2.62 bits per heavy atom. The van der Waals surface area contributed by atoms with Gasteiger partial charge in [0.05, 0.1) is 13.5 Å². The van der Waals surface area contributed by atoms with E-state index in [4.69, 9.17) is 4.74 Å². The van der Waals surface area contributed by atoms with E-state index in [1.54, 1.807) is 0 Å². The third-order valence-electron chi connectivity index (χ3n) is 6.83. The van der Waals surface area contributed by atoms with Crippen LogP contribution >= 0.6 is 0 Å². The van der Waals surface area contributed by atoms with Crippen LogP contribution in [0.1, 0.15) is 80.8 Å². The number of esters is 1.